The number of likely N-dealkylation sites (tertiary alicyclic amines) is 1. The van der Waals surface area contributed by atoms with Gasteiger partial charge in [-0.1, -0.05) is 0 Å². The zero-order valence-electron chi connectivity index (χ0n) is 15.3. The van der Waals surface area contributed by atoms with Crippen LogP contribution in [-0.2, 0) is 4.79 Å². The van der Waals surface area contributed by atoms with Crippen LogP contribution in [0.3, 0.4) is 0 Å². The highest BCUT2D eigenvalue weighted by Gasteiger charge is 2.40. The number of rotatable bonds is 3. The fraction of sp³-hybridized carbons (Fsp3) is 0.556. The third kappa shape index (κ3) is 4.01. The van der Waals surface area contributed by atoms with Gasteiger partial charge in [0.05, 0.1) is 6.04 Å². The van der Waals surface area contributed by atoms with E-state index in [1.165, 1.54) is 0 Å². The number of piperazine rings is 1. The molecule has 0 aliphatic carbocycles. The number of hydrogen-bond donors (Lipinski definition) is 0. The van der Waals surface area contributed by atoms with Gasteiger partial charge in [0.2, 0.25) is 5.91 Å². The Hall–Kier alpha value is -2.49. The molecule has 10 heteroatoms. The Kier molecular flexibility index (Phi) is 5.05. The van der Waals surface area contributed by atoms with Crippen LogP contribution in [0, 0.1) is 0 Å². The Morgan fingerprint density at radius 2 is 1.79 bits per heavy atom. The van der Waals surface area contributed by atoms with Crippen molar-refractivity contribution in [1.82, 2.24) is 24.8 Å². The molecule has 2 fully saturated rings. The summed E-state index contributed by atoms with van der Waals surface area (Å²) < 4.78 is 38.1. The largest absolute Gasteiger partial charge is 0.406 e. The number of piperidine rings is 1. The van der Waals surface area contributed by atoms with Crippen molar-refractivity contribution in [2.24, 2.45) is 0 Å². The molecule has 4 rings (SSSR count). The van der Waals surface area contributed by atoms with Crippen molar-refractivity contribution in [3.63, 3.8) is 0 Å². The summed E-state index contributed by atoms with van der Waals surface area (Å²) >= 11 is 0. The zero-order chi connectivity index (χ0) is 19.7. The molecule has 2 saturated heterocycles. The fourth-order valence-corrected chi connectivity index (χ4v) is 3.92. The monoisotopic (exact) mass is 394 g/mol. The molecule has 2 aromatic heterocycles. The normalized spacial score (nSPS) is 22.1. The molecule has 0 aromatic carbocycles. The summed E-state index contributed by atoms with van der Waals surface area (Å²) in [6, 6.07) is 3.30. The van der Waals surface area contributed by atoms with Crippen LogP contribution >= 0.6 is 0 Å². The molecule has 0 bridgehead atoms. The maximum Gasteiger partial charge on any atom is 0.406 e. The summed E-state index contributed by atoms with van der Waals surface area (Å²) in [5, 5.41) is 0. The topological polar surface area (TPSA) is 65.5 Å². The predicted molar refractivity (Wildman–Crippen MR) is 96.8 cm³/mol. The second-order valence-corrected chi connectivity index (χ2v) is 7.12. The molecular weight excluding hydrogens is 373 g/mol. The first kappa shape index (κ1) is 18.9. The predicted octanol–water partition coefficient (Wildman–Crippen LogP) is 1.70. The lowest BCUT2D eigenvalue weighted by atomic mass is 10.0. The lowest BCUT2D eigenvalue weighted by Crippen LogP contribution is -2.58. The molecule has 28 heavy (non-hydrogen) atoms. The molecule has 0 spiro atoms. The molecule has 0 unspecified atom stereocenters. The summed E-state index contributed by atoms with van der Waals surface area (Å²) in [4.78, 5) is 30.6. The Morgan fingerprint density at radius 1 is 1.04 bits per heavy atom. The van der Waals surface area contributed by atoms with Gasteiger partial charge in [-0.05, 0) is 25.0 Å². The van der Waals surface area contributed by atoms with Crippen LogP contribution < -0.4 is 4.90 Å². The van der Waals surface area contributed by atoms with Crippen molar-refractivity contribution < 1.29 is 18.0 Å². The highest BCUT2D eigenvalue weighted by molar-refractivity contribution is 5.82. The first-order valence-electron chi connectivity index (χ1n) is 9.33. The van der Waals surface area contributed by atoms with E-state index in [0.29, 0.717) is 44.7 Å². The van der Waals surface area contributed by atoms with Crippen molar-refractivity contribution in [2.45, 2.75) is 25.1 Å². The van der Waals surface area contributed by atoms with Crippen LogP contribution in [0.2, 0.25) is 0 Å². The third-order valence-corrected chi connectivity index (χ3v) is 5.27. The Labute approximate surface area is 160 Å². The number of anilines is 1. The van der Waals surface area contributed by atoms with Crippen LogP contribution in [0.1, 0.15) is 12.8 Å². The van der Waals surface area contributed by atoms with Gasteiger partial charge in [-0.2, -0.15) is 13.2 Å². The number of alkyl halides is 3. The summed E-state index contributed by atoms with van der Waals surface area (Å²) in [5.74, 6) is 0.387. The smallest absolute Gasteiger partial charge is 0.354 e. The SMILES string of the molecule is O=C1[C@@H](N2CCN(c3ccc4nccnc4n3)CC2)CCCN1CC(F)(F)F. The summed E-state index contributed by atoms with van der Waals surface area (Å²) in [7, 11) is 0. The van der Waals surface area contributed by atoms with E-state index >= 15 is 0 Å². The van der Waals surface area contributed by atoms with Gasteiger partial charge >= 0.3 is 6.18 Å². The van der Waals surface area contributed by atoms with Gasteiger partial charge in [0.1, 0.15) is 17.9 Å². The number of carbonyl (C=O) groups is 1. The number of amides is 1. The van der Waals surface area contributed by atoms with E-state index in [9.17, 15) is 18.0 Å². The average molecular weight is 394 g/mol. The van der Waals surface area contributed by atoms with E-state index in [2.05, 4.69) is 19.9 Å². The molecule has 0 radical (unpaired) electrons. The van der Waals surface area contributed by atoms with Crippen LogP contribution in [0.25, 0.3) is 11.2 Å². The van der Waals surface area contributed by atoms with Crippen LogP contribution in [-0.4, -0.2) is 82.1 Å². The van der Waals surface area contributed by atoms with Gasteiger partial charge in [0.15, 0.2) is 5.65 Å². The van der Waals surface area contributed by atoms with E-state index in [1.54, 1.807) is 12.4 Å². The first-order chi connectivity index (χ1) is 13.4. The van der Waals surface area contributed by atoms with Gasteiger partial charge in [0, 0.05) is 45.1 Å². The molecule has 4 heterocycles. The number of nitrogens with zero attached hydrogens (tertiary/aromatic N) is 6. The highest BCUT2D eigenvalue weighted by atomic mass is 19.4. The van der Waals surface area contributed by atoms with E-state index < -0.39 is 24.7 Å². The molecule has 2 aliphatic rings. The van der Waals surface area contributed by atoms with Gasteiger partial charge in [-0.15, -0.1) is 0 Å². The van der Waals surface area contributed by atoms with Crippen molar-refractivity contribution in [2.75, 3.05) is 44.2 Å². The van der Waals surface area contributed by atoms with E-state index in [0.717, 1.165) is 16.2 Å². The fourth-order valence-electron chi connectivity index (χ4n) is 3.92. The molecule has 0 saturated carbocycles. The lowest BCUT2D eigenvalue weighted by molar-refractivity contribution is -0.167. The van der Waals surface area contributed by atoms with E-state index in [1.807, 2.05) is 17.0 Å². The molecule has 2 aliphatic heterocycles. The number of carbonyl (C=O) groups excluding carboxylic acids is 1. The van der Waals surface area contributed by atoms with E-state index in [4.69, 9.17) is 0 Å². The minimum absolute atomic E-state index is 0.177. The minimum Gasteiger partial charge on any atom is -0.354 e. The van der Waals surface area contributed by atoms with Crippen LogP contribution in [0.15, 0.2) is 24.5 Å². The van der Waals surface area contributed by atoms with Crippen molar-refractivity contribution in [1.29, 1.82) is 0 Å². The third-order valence-electron chi connectivity index (χ3n) is 5.27. The van der Waals surface area contributed by atoms with Gasteiger partial charge in [0.25, 0.3) is 0 Å². The molecule has 0 N–H and O–H groups in total. The molecule has 150 valence electrons. The number of fused-ring (bicyclic) bond motifs is 1. The Bertz CT molecular complexity index is 853. The second kappa shape index (κ2) is 7.50. The highest BCUT2D eigenvalue weighted by Crippen LogP contribution is 2.24. The molecule has 1 amide bonds. The summed E-state index contributed by atoms with van der Waals surface area (Å²) in [5.41, 5.74) is 1.30. The minimum atomic E-state index is -4.36. The standard InChI is InChI=1S/C18H21F3N6O/c19-18(20,21)12-27-7-1-2-14(17(27)28)25-8-10-26(11-9-25)15-4-3-13-16(24-15)23-6-5-22-13/h3-6,14H,1-2,7-12H2/t14-/m0/s1. The molecule has 7 nitrogen and oxygen atoms in total. The van der Waals surface area contributed by atoms with Gasteiger partial charge < -0.3 is 9.80 Å². The molecule has 1 atom stereocenters. The number of pyridine rings is 1. The summed E-state index contributed by atoms with van der Waals surface area (Å²) in [6.07, 6.45) is 0.0552. The maximum atomic E-state index is 12.7. The Morgan fingerprint density at radius 3 is 2.54 bits per heavy atom. The van der Waals surface area contributed by atoms with E-state index in [-0.39, 0.29) is 6.54 Å². The van der Waals surface area contributed by atoms with Crippen molar-refractivity contribution in [3.8, 4) is 0 Å². The van der Waals surface area contributed by atoms with Crippen LogP contribution in [0.4, 0.5) is 19.0 Å². The first-order valence-corrected chi connectivity index (χ1v) is 9.33. The zero-order valence-corrected chi connectivity index (χ0v) is 15.3. The molecular formula is C18H21F3N6O. The molecule has 2 aromatic rings. The summed E-state index contributed by atoms with van der Waals surface area (Å²) in [6.45, 7) is 1.54. The van der Waals surface area contributed by atoms with Crippen LogP contribution in [0.5, 0.6) is 0 Å². The Balaban J connectivity index is 1.39. The lowest BCUT2D eigenvalue weighted by Gasteiger charge is -2.42. The van der Waals surface area contributed by atoms with Crippen molar-refractivity contribution in [3.05, 3.63) is 24.5 Å². The number of halogens is 3. The maximum absolute atomic E-state index is 12.7. The quantitative estimate of drug-likeness (QED) is 0.790. The van der Waals surface area contributed by atoms with Crippen molar-refractivity contribution >= 4 is 22.9 Å². The number of hydrogen-bond acceptors (Lipinski definition) is 6. The number of aromatic nitrogens is 3. The van der Waals surface area contributed by atoms with Gasteiger partial charge in [-0.3, -0.25) is 14.7 Å². The van der Waals surface area contributed by atoms with Gasteiger partial charge in [-0.25, -0.2) is 9.97 Å². The second-order valence-electron chi connectivity index (χ2n) is 7.12. The average Bonchev–Trinajstić information content (AvgIpc) is 2.68.